The van der Waals surface area contributed by atoms with Gasteiger partial charge in [-0.2, -0.15) is 0 Å². The van der Waals surface area contributed by atoms with Crippen LogP contribution in [0.1, 0.15) is 29.5 Å². The maximum atomic E-state index is 12.6. The Hall–Kier alpha value is -3.41. The molecule has 1 fully saturated rings. The van der Waals surface area contributed by atoms with Crippen LogP contribution in [-0.4, -0.2) is 31.9 Å². The molecule has 1 aliphatic heterocycles. The van der Waals surface area contributed by atoms with Crippen LogP contribution in [0.4, 0.5) is 0 Å². The number of likely N-dealkylation sites (tertiary alicyclic amines) is 1. The number of para-hydroxylation sites is 2. The minimum atomic E-state index is 0.0616. The Morgan fingerprint density at radius 2 is 2.00 bits per heavy atom. The van der Waals surface area contributed by atoms with Crippen molar-refractivity contribution in [2.24, 2.45) is 0 Å². The quantitative estimate of drug-likeness (QED) is 0.537. The van der Waals surface area contributed by atoms with Crippen LogP contribution in [0.25, 0.3) is 11.0 Å². The Morgan fingerprint density at radius 1 is 1.07 bits per heavy atom. The first-order chi connectivity index (χ1) is 13.8. The first-order valence-corrected chi connectivity index (χ1v) is 9.42. The first-order valence-electron chi connectivity index (χ1n) is 9.42. The molecule has 1 aromatic carbocycles. The minimum absolute atomic E-state index is 0.0616. The van der Waals surface area contributed by atoms with Crippen molar-refractivity contribution in [3.63, 3.8) is 0 Å². The van der Waals surface area contributed by atoms with Gasteiger partial charge in [-0.25, -0.2) is 4.98 Å². The highest BCUT2D eigenvalue weighted by molar-refractivity contribution is 5.81. The smallest absolute Gasteiger partial charge is 0.223 e. The maximum absolute atomic E-state index is 12.6. The molecule has 3 aromatic heterocycles. The van der Waals surface area contributed by atoms with Crippen molar-refractivity contribution in [3.05, 3.63) is 84.3 Å². The number of hydrogen-bond acceptors (Lipinski definition) is 4. The van der Waals surface area contributed by atoms with Gasteiger partial charge in [0.15, 0.2) is 0 Å². The molecule has 4 aromatic rings. The molecule has 0 spiro atoms. The summed E-state index contributed by atoms with van der Waals surface area (Å²) >= 11 is 0. The van der Waals surface area contributed by atoms with Gasteiger partial charge in [-0.3, -0.25) is 9.78 Å². The van der Waals surface area contributed by atoms with E-state index in [1.165, 1.54) is 0 Å². The number of benzene rings is 1. The van der Waals surface area contributed by atoms with Gasteiger partial charge in [-0.05, 0) is 35.9 Å². The Balaban J connectivity index is 1.48. The zero-order valence-electron chi connectivity index (χ0n) is 15.4. The van der Waals surface area contributed by atoms with Crippen molar-refractivity contribution in [1.29, 1.82) is 0 Å². The number of hydrogen-bond donors (Lipinski definition) is 0. The fourth-order valence-electron chi connectivity index (χ4n) is 3.93. The van der Waals surface area contributed by atoms with E-state index in [-0.39, 0.29) is 11.8 Å². The summed E-state index contributed by atoms with van der Waals surface area (Å²) in [5.41, 5.74) is 3.15. The van der Waals surface area contributed by atoms with Crippen molar-refractivity contribution in [3.8, 4) is 0 Å². The zero-order chi connectivity index (χ0) is 18.9. The van der Waals surface area contributed by atoms with Crippen LogP contribution in [0.3, 0.4) is 0 Å². The molecule has 28 heavy (non-hydrogen) atoms. The molecule has 6 heteroatoms. The second kappa shape index (κ2) is 6.96. The van der Waals surface area contributed by atoms with Crippen LogP contribution < -0.4 is 0 Å². The predicted molar refractivity (Wildman–Crippen MR) is 105 cm³/mol. The molecule has 0 N–H and O–H groups in total. The standard InChI is InChI=1S/C22H20N4O2/c27-21-11-17(14-25(21)15-18-6-4-10-28-18)22-24-19-7-1-2-8-20(19)26(22)13-16-5-3-9-23-12-16/h1-10,12,17H,11,13-15H2. The van der Waals surface area contributed by atoms with E-state index in [2.05, 4.69) is 21.7 Å². The lowest BCUT2D eigenvalue weighted by Gasteiger charge is -2.16. The molecule has 1 amide bonds. The largest absolute Gasteiger partial charge is 0.467 e. The van der Waals surface area contributed by atoms with Crippen LogP contribution in [0, 0.1) is 0 Å². The second-order valence-corrected chi connectivity index (χ2v) is 7.16. The SMILES string of the molecule is O=C1CC(c2nc3ccccc3n2Cc2cccnc2)CN1Cc1ccco1. The molecule has 1 atom stereocenters. The monoisotopic (exact) mass is 372 g/mol. The molecule has 0 saturated carbocycles. The summed E-state index contributed by atoms with van der Waals surface area (Å²) in [5.74, 6) is 1.96. The predicted octanol–water partition coefficient (Wildman–Crippen LogP) is 3.59. The molecular formula is C22H20N4O2. The number of imidazole rings is 1. The third-order valence-corrected chi connectivity index (χ3v) is 5.25. The van der Waals surface area contributed by atoms with Crippen LogP contribution in [0.5, 0.6) is 0 Å². The van der Waals surface area contributed by atoms with E-state index in [1.54, 1.807) is 12.5 Å². The van der Waals surface area contributed by atoms with E-state index in [1.807, 2.05) is 47.5 Å². The number of pyridine rings is 1. The van der Waals surface area contributed by atoms with Gasteiger partial charge in [0, 0.05) is 31.3 Å². The number of amides is 1. The molecule has 4 heterocycles. The summed E-state index contributed by atoms with van der Waals surface area (Å²) in [6.45, 7) is 1.84. The number of rotatable bonds is 5. The Morgan fingerprint density at radius 3 is 2.82 bits per heavy atom. The lowest BCUT2D eigenvalue weighted by atomic mass is 10.1. The number of nitrogens with zero attached hydrogens (tertiary/aromatic N) is 4. The lowest BCUT2D eigenvalue weighted by Crippen LogP contribution is -2.24. The average Bonchev–Trinajstić information content (AvgIpc) is 3.44. The fourth-order valence-corrected chi connectivity index (χ4v) is 3.93. The Kier molecular flexibility index (Phi) is 4.16. The van der Waals surface area contributed by atoms with E-state index in [9.17, 15) is 4.79 Å². The Labute approximate surface area is 162 Å². The van der Waals surface area contributed by atoms with Crippen molar-refractivity contribution in [2.75, 3.05) is 6.54 Å². The summed E-state index contributed by atoms with van der Waals surface area (Å²) in [7, 11) is 0. The molecule has 1 aliphatic rings. The van der Waals surface area contributed by atoms with Crippen LogP contribution in [0.2, 0.25) is 0 Å². The summed E-state index contributed by atoms with van der Waals surface area (Å²) < 4.78 is 7.64. The minimum Gasteiger partial charge on any atom is -0.467 e. The van der Waals surface area contributed by atoms with Crippen molar-refractivity contribution >= 4 is 16.9 Å². The van der Waals surface area contributed by atoms with Gasteiger partial charge in [-0.15, -0.1) is 0 Å². The summed E-state index contributed by atoms with van der Waals surface area (Å²) in [6.07, 6.45) is 5.76. The summed E-state index contributed by atoms with van der Waals surface area (Å²) in [4.78, 5) is 23.6. The van der Waals surface area contributed by atoms with E-state index < -0.39 is 0 Å². The highest BCUT2D eigenvalue weighted by Crippen LogP contribution is 2.31. The molecule has 140 valence electrons. The fraction of sp³-hybridized carbons (Fsp3) is 0.227. The molecular weight excluding hydrogens is 352 g/mol. The van der Waals surface area contributed by atoms with Gasteiger partial charge in [0.2, 0.25) is 5.91 Å². The van der Waals surface area contributed by atoms with E-state index in [0.717, 1.165) is 28.2 Å². The number of aromatic nitrogens is 3. The first kappa shape index (κ1) is 16.7. The van der Waals surface area contributed by atoms with Gasteiger partial charge in [0.05, 0.1) is 30.4 Å². The van der Waals surface area contributed by atoms with Crippen LogP contribution in [0.15, 0.2) is 71.6 Å². The van der Waals surface area contributed by atoms with Crippen LogP contribution in [-0.2, 0) is 17.9 Å². The second-order valence-electron chi connectivity index (χ2n) is 7.16. The summed E-state index contributed by atoms with van der Waals surface area (Å²) in [6, 6.07) is 15.9. The molecule has 6 nitrogen and oxygen atoms in total. The average molecular weight is 372 g/mol. The zero-order valence-corrected chi connectivity index (χ0v) is 15.4. The third-order valence-electron chi connectivity index (χ3n) is 5.25. The topological polar surface area (TPSA) is 64.2 Å². The van der Waals surface area contributed by atoms with Gasteiger partial charge >= 0.3 is 0 Å². The van der Waals surface area contributed by atoms with E-state index >= 15 is 0 Å². The molecule has 1 saturated heterocycles. The van der Waals surface area contributed by atoms with Gasteiger partial charge < -0.3 is 13.9 Å². The number of carbonyl (C=O) groups is 1. The highest BCUT2D eigenvalue weighted by Gasteiger charge is 2.34. The molecule has 5 rings (SSSR count). The number of carbonyl (C=O) groups excluding carboxylic acids is 1. The summed E-state index contributed by atoms with van der Waals surface area (Å²) in [5, 5.41) is 0. The van der Waals surface area contributed by atoms with Crippen molar-refractivity contribution < 1.29 is 9.21 Å². The van der Waals surface area contributed by atoms with E-state index in [4.69, 9.17) is 9.40 Å². The molecule has 0 radical (unpaired) electrons. The highest BCUT2D eigenvalue weighted by atomic mass is 16.3. The molecule has 1 unspecified atom stereocenters. The lowest BCUT2D eigenvalue weighted by molar-refractivity contribution is -0.128. The maximum Gasteiger partial charge on any atom is 0.223 e. The van der Waals surface area contributed by atoms with Crippen molar-refractivity contribution in [2.45, 2.75) is 25.4 Å². The van der Waals surface area contributed by atoms with Gasteiger partial charge in [0.1, 0.15) is 11.6 Å². The number of fused-ring (bicyclic) bond motifs is 1. The van der Waals surface area contributed by atoms with E-state index in [0.29, 0.717) is 26.1 Å². The Bertz CT molecular complexity index is 1100. The number of furan rings is 1. The molecule has 0 aliphatic carbocycles. The third kappa shape index (κ3) is 3.07. The van der Waals surface area contributed by atoms with Gasteiger partial charge in [0.25, 0.3) is 0 Å². The van der Waals surface area contributed by atoms with Crippen LogP contribution >= 0.6 is 0 Å². The normalized spacial score (nSPS) is 16.9. The molecule has 0 bridgehead atoms. The van der Waals surface area contributed by atoms with Gasteiger partial charge in [-0.1, -0.05) is 18.2 Å². The van der Waals surface area contributed by atoms with Crippen molar-refractivity contribution in [1.82, 2.24) is 19.4 Å².